The Morgan fingerprint density at radius 3 is 2.41 bits per heavy atom. The van der Waals surface area contributed by atoms with E-state index in [0.29, 0.717) is 18.1 Å². The molecule has 0 aromatic heterocycles. The predicted octanol–water partition coefficient (Wildman–Crippen LogP) is 2.84. The first kappa shape index (κ1) is 22.9. The summed E-state index contributed by atoms with van der Waals surface area (Å²) in [5.74, 6) is -1.28. The van der Waals surface area contributed by atoms with Crippen LogP contribution in [0.15, 0.2) is 53.4 Å². The minimum absolute atomic E-state index is 0.00109. The third kappa shape index (κ3) is 6.03. The van der Waals surface area contributed by atoms with Crippen molar-refractivity contribution in [3.05, 3.63) is 64.7 Å². The van der Waals surface area contributed by atoms with Gasteiger partial charge in [-0.25, -0.2) is 13.2 Å². The van der Waals surface area contributed by atoms with Crippen LogP contribution in [0, 0.1) is 0 Å². The van der Waals surface area contributed by atoms with Gasteiger partial charge in [0, 0.05) is 24.7 Å². The average Bonchev–Trinajstić information content (AvgIpc) is 2.72. The zero-order chi connectivity index (χ0) is 21.4. The summed E-state index contributed by atoms with van der Waals surface area (Å²) in [6.07, 6.45) is 0. The summed E-state index contributed by atoms with van der Waals surface area (Å²) in [5, 5.41) is 3.13. The number of carbonyl (C=O) groups is 2. The zero-order valence-electron chi connectivity index (χ0n) is 16.2. The van der Waals surface area contributed by atoms with E-state index in [0.717, 1.165) is 5.56 Å². The van der Waals surface area contributed by atoms with Gasteiger partial charge in [-0.1, -0.05) is 49.7 Å². The number of benzene rings is 2. The highest BCUT2D eigenvalue weighted by Crippen LogP contribution is 2.17. The van der Waals surface area contributed by atoms with Crippen molar-refractivity contribution >= 4 is 33.5 Å². The summed E-state index contributed by atoms with van der Waals surface area (Å²) in [6, 6.07) is 12.6. The van der Waals surface area contributed by atoms with Gasteiger partial charge in [0.15, 0.2) is 6.61 Å². The van der Waals surface area contributed by atoms with Crippen molar-refractivity contribution in [2.45, 2.75) is 25.3 Å². The van der Waals surface area contributed by atoms with Gasteiger partial charge < -0.3 is 10.1 Å². The van der Waals surface area contributed by atoms with Gasteiger partial charge in [0.05, 0.1) is 10.5 Å². The fourth-order valence-corrected chi connectivity index (χ4v) is 4.30. The second kappa shape index (κ2) is 10.4. The van der Waals surface area contributed by atoms with Gasteiger partial charge in [-0.2, -0.15) is 4.31 Å². The highest BCUT2D eigenvalue weighted by Gasteiger charge is 2.23. The fraction of sp³-hybridized carbons (Fsp3) is 0.300. The van der Waals surface area contributed by atoms with Crippen molar-refractivity contribution in [2.24, 2.45) is 0 Å². The lowest BCUT2D eigenvalue weighted by Gasteiger charge is -2.18. The lowest BCUT2D eigenvalue weighted by molar-refractivity contribution is -0.124. The average molecular weight is 439 g/mol. The van der Waals surface area contributed by atoms with Gasteiger partial charge in [-0.3, -0.25) is 4.79 Å². The molecule has 0 aliphatic carbocycles. The summed E-state index contributed by atoms with van der Waals surface area (Å²) in [6.45, 7) is 3.82. The molecule has 1 N–H and O–H groups in total. The van der Waals surface area contributed by atoms with E-state index < -0.39 is 28.5 Å². The van der Waals surface area contributed by atoms with Crippen LogP contribution in [0.25, 0.3) is 0 Å². The number of ether oxygens (including phenoxy) is 1. The number of amides is 1. The Morgan fingerprint density at radius 2 is 1.76 bits per heavy atom. The largest absolute Gasteiger partial charge is 0.452 e. The van der Waals surface area contributed by atoms with Gasteiger partial charge in [0.1, 0.15) is 0 Å². The van der Waals surface area contributed by atoms with E-state index >= 15 is 0 Å². The van der Waals surface area contributed by atoms with E-state index in [9.17, 15) is 18.0 Å². The Bertz CT molecular complexity index is 974. The number of hydrogen-bond acceptors (Lipinski definition) is 5. The molecular formula is C20H23ClN2O5S. The minimum atomic E-state index is -3.70. The Balaban J connectivity index is 1.97. The van der Waals surface area contributed by atoms with Crippen molar-refractivity contribution < 1.29 is 22.7 Å². The SMILES string of the molecule is CCN(CC)S(=O)(=O)c1cccc(C(=O)OCC(=O)NCc2ccccc2Cl)c1. The van der Waals surface area contributed by atoms with Crippen LogP contribution in [0.5, 0.6) is 0 Å². The molecule has 0 aliphatic rings. The fourth-order valence-electron chi connectivity index (χ4n) is 2.60. The van der Waals surface area contributed by atoms with Gasteiger partial charge >= 0.3 is 5.97 Å². The van der Waals surface area contributed by atoms with Crippen molar-refractivity contribution in [3.63, 3.8) is 0 Å². The molecule has 0 bridgehead atoms. The Morgan fingerprint density at radius 1 is 1.07 bits per heavy atom. The predicted molar refractivity (Wildman–Crippen MR) is 110 cm³/mol. The first-order valence-corrected chi connectivity index (χ1v) is 10.9. The number of rotatable bonds is 9. The molecule has 0 aliphatic heterocycles. The van der Waals surface area contributed by atoms with E-state index in [2.05, 4.69) is 5.32 Å². The smallest absolute Gasteiger partial charge is 0.338 e. The highest BCUT2D eigenvalue weighted by atomic mass is 35.5. The molecular weight excluding hydrogens is 416 g/mol. The first-order chi connectivity index (χ1) is 13.8. The van der Waals surface area contributed by atoms with Crippen LogP contribution in [0.2, 0.25) is 5.02 Å². The van der Waals surface area contributed by atoms with Crippen molar-refractivity contribution in [3.8, 4) is 0 Å². The third-order valence-corrected chi connectivity index (χ3v) is 6.60. The molecule has 0 saturated carbocycles. The first-order valence-electron chi connectivity index (χ1n) is 9.07. The quantitative estimate of drug-likeness (QED) is 0.607. The van der Waals surface area contributed by atoms with Crippen LogP contribution in [0.4, 0.5) is 0 Å². The number of nitrogens with zero attached hydrogens (tertiary/aromatic N) is 1. The van der Waals surface area contributed by atoms with E-state index in [1.165, 1.54) is 28.6 Å². The second-order valence-electron chi connectivity index (χ2n) is 6.06. The van der Waals surface area contributed by atoms with Crippen molar-refractivity contribution in [2.75, 3.05) is 19.7 Å². The van der Waals surface area contributed by atoms with Crippen LogP contribution < -0.4 is 5.32 Å². The van der Waals surface area contributed by atoms with E-state index in [-0.39, 0.29) is 17.0 Å². The third-order valence-electron chi connectivity index (χ3n) is 4.18. The number of hydrogen-bond donors (Lipinski definition) is 1. The second-order valence-corrected chi connectivity index (χ2v) is 8.41. The van der Waals surface area contributed by atoms with Gasteiger partial charge in [-0.05, 0) is 29.8 Å². The van der Waals surface area contributed by atoms with Crippen molar-refractivity contribution in [1.29, 1.82) is 0 Å². The van der Waals surface area contributed by atoms with Gasteiger partial charge in [0.25, 0.3) is 5.91 Å². The van der Waals surface area contributed by atoms with Crippen LogP contribution >= 0.6 is 11.6 Å². The molecule has 29 heavy (non-hydrogen) atoms. The summed E-state index contributed by atoms with van der Waals surface area (Å²) in [7, 11) is -3.70. The maximum Gasteiger partial charge on any atom is 0.338 e. The normalized spacial score (nSPS) is 11.3. The van der Waals surface area contributed by atoms with Gasteiger partial charge in [0.2, 0.25) is 10.0 Å². The van der Waals surface area contributed by atoms with E-state index in [1.54, 1.807) is 38.1 Å². The Hall–Kier alpha value is -2.42. The van der Waals surface area contributed by atoms with Crippen LogP contribution in [0.3, 0.4) is 0 Å². The molecule has 2 aromatic rings. The molecule has 0 radical (unpaired) electrons. The molecule has 1 amide bonds. The summed E-state index contributed by atoms with van der Waals surface area (Å²) in [5.41, 5.74) is 0.792. The number of carbonyl (C=O) groups excluding carboxylic acids is 2. The number of sulfonamides is 1. The Kier molecular flexibility index (Phi) is 8.19. The molecule has 0 atom stereocenters. The summed E-state index contributed by atoms with van der Waals surface area (Å²) in [4.78, 5) is 24.2. The standard InChI is InChI=1S/C20H23ClN2O5S/c1-3-23(4-2)29(26,27)17-10-7-9-15(12-17)20(25)28-14-19(24)22-13-16-8-5-6-11-18(16)21/h5-12H,3-4,13-14H2,1-2H3,(H,22,24). The summed E-state index contributed by atoms with van der Waals surface area (Å²) < 4.78 is 31.5. The van der Waals surface area contributed by atoms with Crippen LogP contribution in [0.1, 0.15) is 29.8 Å². The number of nitrogens with one attached hydrogen (secondary N) is 1. The van der Waals surface area contributed by atoms with E-state index in [1.807, 2.05) is 0 Å². The minimum Gasteiger partial charge on any atom is -0.452 e. The zero-order valence-corrected chi connectivity index (χ0v) is 17.8. The lowest BCUT2D eigenvalue weighted by atomic mass is 10.2. The molecule has 0 unspecified atom stereocenters. The maximum absolute atomic E-state index is 12.6. The molecule has 0 saturated heterocycles. The van der Waals surface area contributed by atoms with Crippen LogP contribution in [-0.4, -0.2) is 44.3 Å². The van der Waals surface area contributed by atoms with E-state index in [4.69, 9.17) is 16.3 Å². The maximum atomic E-state index is 12.6. The molecule has 7 nitrogen and oxygen atoms in total. The van der Waals surface area contributed by atoms with Crippen molar-refractivity contribution in [1.82, 2.24) is 9.62 Å². The molecule has 156 valence electrons. The molecule has 2 rings (SSSR count). The molecule has 2 aromatic carbocycles. The topological polar surface area (TPSA) is 92.8 Å². The highest BCUT2D eigenvalue weighted by molar-refractivity contribution is 7.89. The lowest BCUT2D eigenvalue weighted by Crippen LogP contribution is -2.31. The Labute approximate surface area is 175 Å². The molecule has 0 heterocycles. The number of halogens is 1. The summed E-state index contributed by atoms with van der Waals surface area (Å²) >= 11 is 6.02. The molecule has 0 fully saturated rings. The van der Waals surface area contributed by atoms with Crippen LogP contribution in [-0.2, 0) is 26.1 Å². The number of esters is 1. The molecule has 0 spiro atoms. The molecule has 9 heteroatoms. The van der Waals surface area contributed by atoms with Gasteiger partial charge in [-0.15, -0.1) is 0 Å². The monoisotopic (exact) mass is 438 g/mol.